The van der Waals surface area contributed by atoms with Crippen molar-refractivity contribution >= 4 is 23.3 Å². The van der Waals surface area contributed by atoms with Gasteiger partial charge in [0.05, 0.1) is 6.54 Å². The topological polar surface area (TPSA) is 52.7 Å². The van der Waals surface area contributed by atoms with Crippen LogP contribution in [0.15, 0.2) is 36.4 Å². The molecule has 0 unspecified atom stereocenters. The van der Waals surface area contributed by atoms with Crippen LogP contribution >= 0.6 is 11.3 Å². The maximum Gasteiger partial charge on any atom is 0.318 e. The summed E-state index contributed by atoms with van der Waals surface area (Å²) in [6.45, 7) is 8.92. The number of amides is 3. The van der Waals surface area contributed by atoms with E-state index in [1.807, 2.05) is 39.8 Å². The highest BCUT2D eigenvalue weighted by Gasteiger charge is 2.36. The first-order valence-electron chi connectivity index (χ1n) is 10.8. The van der Waals surface area contributed by atoms with Gasteiger partial charge >= 0.3 is 6.03 Å². The molecule has 7 heteroatoms. The van der Waals surface area contributed by atoms with E-state index in [9.17, 15) is 14.0 Å². The van der Waals surface area contributed by atoms with Crippen LogP contribution in [0.3, 0.4) is 0 Å². The summed E-state index contributed by atoms with van der Waals surface area (Å²) < 4.78 is 13.3. The summed E-state index contributed by atoms with van der Waals surface area (Å²) in [5.74, 6) is -0.405. The number of nitrogens with one attached hydrogen (secondary N) is 1. The number of benzene rings is 1. The van der Waals surface area contributed by atoms with E-state index in [4.69, 9.17) is 0 Å². The predicted octanol–water partition coefficient (Wildman–Crippen LogP) is 5.09. The Kier molecular flexibility index (Phi) is 7.36. The van der Waals surface area contributed by atoms with Crippen LogP contribution in [0.5, 0.6) is 0 Å². The third kappa shape index (κ3) is 6.79. The Labute approximate surface area is 188 Å². The molecule has 0 saturated heterocycles. The number of urea groups is 1. The van der Waals surface area contributed by atoms with Crippen molar-refractivity contribution in [3.05, 3.63) is 57.5 Å². The molecule has 1 aromatic heterocycles. The van der Waals surface area contributed by atoms with Crippen molar-refractivity contribution in [3.8, 4) is 0 Å². The number of hydrogen-bond donors (Lipinski definition) is 1. The van der Waals surface area contributed by atoms with E-state index in [0.717, 1.165) is 29.7 Å². The molecule has 0 aliphatic heterocycles. The van der Waals surface area contributed by atoms with Gasteiger partial charge in [0.1, 0.15) is 12.4 Å². The second-order valence-corrected chi connectivity index (χ2v) is 10.3. The summed E-state index contributed by atoms with van der Waals surface area (Å²) in [6, 6.07) is 10.2. The Morgan fingerprint density at radius 2 is 1.81 bits per heavy atom. The van der Waals surface area contributed by atoms with Crippen molar-refractivity contribution in [2.45, 2.75) is 71.6 Å². The van der Waals surface area contributed by atoms with E-state index in [1.54, 1.807) is 33.3 Å². The third-order valence-electron chi connectivity index (χ3n) is 5.67. The van der Waals surface area contributed by atoms with E-state index in [-0.39, 0.29) is 35.9 Å². The second-order valence-electron chi connectivity index (χ2n) is 8.92. The molecule has 5 nitrogen and oxygen atoms in total. The van der Waals surface area contributed by atoms with E-state index < -0.39 is 0 Å². The quantitative estimate of drug-likeness (QED) is 0.585. The maximum absolute atomic E-state index is 13.3. The van der Waals surface area contributed by atoms with Gasteiger partial charge in [0.15, 0.2) is 0 Å². The fourth-order valence-electron chi connectivity index (χ4n) is 3.25. The highest BCUT2D eigenvalue weighted by molar-refractivity contribution is 7.11. The van der Waals surface area contributed by atoms with Gasteiger partial charge < -0.3 is 15.1 Å². The third-order valence-corrected chi connectivity index (χ3v) is 6.65. The molecule has 1 aliphatic rings. The molecule has 1 aromatic carbocycles. The van der Waals surface area contributed by atoms with Crippen LogP contribution in [0.4, 0.5) is 9.18 Å². The van der Waals surface area contributed by atoms with Crippen molar-refractivity contribution < 1.29 is 14.0 Å². The largest absolute Gasteiger partial charge is 0.333 e. The molecule has 0 radical (unpaired) electrons. The fourth-order valence-corrected chi connectivity index (χ4v) is 4.16. The molecule has 1 saturated carbocycles. The summed E-state index contributed by atoms with van der Waals surface area (Å²) in [5, 5.41) is 3.06. The van der Waals surface area contributed by atoms with Gasteiger partial charge in [0.25, 0.3) is 0 Å². The highest BCUT2D eigenvalue weighted by Crippen LogP contribution is 2.28. The second kappa shape index (κ2) is 9.81. The molecule has 0 atom stereocenters. The summed E-state index contributed by atoms with van der Waals surface area (Å²) in [5.41, 5.74) is 0.535. The fraction of sp³-hybridized carbons (Fsp3) is 0.500. The molecular formula is C24H32FN3O2S. The van der Waals surface area contributed by atoms with Gasteiger partial charge in [-0.2, -0.15) is 0 Å². The Balaban J connectivity index is 1.75. The van der Waals surface area contributed by atoms with Crippen molar-refractivity contribution in [2.75, 3.05) is 6.54 Å². The van der Waals surface area contributed by atoms with Gasteiger partial charge in [0.2, 0.25) is 5.91 Å². The molecular weight excluding hydrogens is 413 g/mol. The number of halogens is 1. The van der Waals surface area contributed by atoms with Crippen LogP contribution in [-0.4, -0.2) is 39.9 Å². The molecule has 168 valence electrons. The van der Waals surface area contributed by atoms with Crippen LogP contribution in [0, 0.1) is 12.7 Å². The van der Waals surface area contributed by atoms with Crippen molar-refractivity contribution in [3.63, 3.8) is 0 Å². The molecule has 31 heavy (non-hydrogen) atoms. The van der Waals surface area contributed by atoms with Crippen LogP contribution in [0.25, 0.3) is 0 Å². The molecule has 0 bridgehead atoms. The van der Waals surface area contributed by atoms with Gasteiger partial charge in [-0.25, -0.2) is 9.18 Å². The Morgan fingerprint density at radius 1 is 1.13 bits per heavy atom. The molecule has 1 fully saturated rings. The number of aryl methyl sites for hydroxylation is 1. The lowest BCUT2D eigenvalue weighted by atomic mass is 10.0. The molecule has 3 amide bonds. The first-order valence-corrected chi connectivity index (χ1v) is 11.6. The van der Waals surface area contributed by atoms with Gasteiger partial charge in [0, 0.05) is 27.9 Å². The average Bonchev–Trinajstić information content (AvgIpc) is 3.48. The SMILES string of the molecule is CCC(C)(C)NC(=O)N(CC(=O)N(Cc1ccc(F)cc1)Cc1ccc(C)s1)C1CC1. The number of nitrogens with zero attached hydrogens (tertiary/aromatic N) is 2. The maximum atomic E-state index is 13.3. The predicted molar refractivity (Wildman–Crippen MR) is 122 cm³/mol. The van der Waals surface area contributed by atoms with Crippen LogP contribution in [0.2, 0.25) is 0 Å². The Hall–Kier alpha value is -2.41. The van der Waals surface area contributed by atoms with Crippen LogP contribution in [-0.2, 0) is 17.9 Å². The molecule has 0 spiro atoms. The first-order chi connectivity index (χ1) is 14.7. The van der Waals surface area contributed by atoms with Crippen LogP contribution < -0.4 is 5.32 Å². The van der Waals surface area contributed by atoms with Gasteiger partial charge in [-0.1, -0.05) is 19.1 Å². The lowest BCUT2D eigenvalue weighted by Gasteiger charge is -2.31. The number of carbonyl (C=O) groups excluding carboxylic acids is 2. The molecule has 2 aromatic rings. The monoisotopic (exact) mass is 445 g/mol. The van der Waals surface area contributed by atoms with Gasteiger partial charge in [-0.15, -0.1) is 11.3 Å². The minimum absolute atomic E-state index is 0.0435. The first kappa shape index (κ1) is 23.3. The minimum Gasteiger partial charge on any atom is -0.333 e. The standard InChI is InChI=1S/C24H32FN3O2S/c1-5-24(3,4)26-23(30)28(20-11-12-20)16-22(29)27(15-21-13-6-17(2)31-21)14-18-7-9-19(25)10-8-18/h6-10,13,20H,5,11-12,14-16H2,1-4H3,(H,26,30). The van der Waals surface area contributed by atoms with E-state index in [2.05, 4.69) is 5.32 Å². The average molecular weight is 446 g/mol. The lowest BCUT2D eigenvalue weighted by molar-refractivity contribution is -0.133. The molecule has 1 aliphatic carbocycles. The number of thiophene rings is 1. The smallest absolute Gasteiger partial charge is 0.318 e. The van der Waals surface area contributed by atoms with E-state index in [0.29, 0.717) is 13.1 Å². The van der Waals surface area contributed by atoms with E-state index in [1.165, 1.54) is 17.0 Å². The van der Waals surface area contributed by atoms with E-state index >= 15 is 0 Å². The van der Waals surface area contributed by atoms with Crippen molar-refractivity contribution in [2.24, 2.45) is 0 Å². The van der Waals surface area contributed by atoms with Crippen LogP contribution in [0.1, 0.15) is 55.4 Å². The summed E-state index contributed by atoms with van der Waals surface area (Å²) in [7, 11) is 0. The Bertz CT molecular complexity index is 906. The zero-order valence-corrected chi connectivity index (χ0v) is 19.6. The van der Waals surface area contributed by atoms with Crippen molar-refractivity contribution in [1.29, 1.82) is 0 Å². The Morgan fingerprint density at radius 3 is 2.35 bits per heavy atom. The molecule has 1 heterocycles. The van der Waals surface area contributed by atoms with Crippen molar-refractivity contribution in [1.82, 2.24) is 15.1 Å². The zero-order valence-electron chi connectivity index (χ0n) is 18.8. The van der Waals surface area contributed by atoms with Gasteiger partial charge in [-0.3, -0.25) is 4.79 Å². The molecule has 3 rings (SSSR count). The zero-order chi connectivity index (χ0) is 22.6. The number of carbonyl (C=O) groups is 2. The number of hydrogen-bond acceptors (Lipinski definition) is 3. The highest BCUT2D eigenvalue weighted by atomic mass is 32.1. The number of rotatable bonds is 9. The van der Waals surface area contributed by atoms with Gasteiger partial charge in [-0.05, 0) is 69.9 Å². The minimum atomic E-state index is -0.324. The lowest BCUT2D eigenvalue weighted by Crippen LogP contribution is -2.53. The normalized spacial score (nSPS) is 13.7. The molecule has 1 N–H and O–H groups in total. The summed E-state index contributed by atoms with van der Waals surface area (Å²) in [6.07, 6.45) is 2.66. The summed E-state index contributed by atoms with van der Waals surface area (Å²) in [4.78, 5) is 32.0. The summed E-state index contributed by atoms with van der Waals surface area (Å²) >= 11 is 1.65.